The SMILES string of the molecule is NC(=O)c1ccc(-c2ccc(Br)cc2)n2n[c]nc12. The molecule has 3 rings (SSSR count). The highest BCUT2D eigenvalue weighted by Gasteiger charge is 2.13. The van der Waals surface area contributed by atoms with Crippen LogP contribution in [-0.2, 0) is 0 Å². The van der Waals surface area contributed by atoms with Crippen molar-refractivity contribution in [2.45, 2.75) is 0 Å². The molecule has 93 valence electrons. The average molecular weight is 316 g/mol. The maximum Gasteiger partial charge on any atom is 0.252 e. The summed E-state index contributed by atoms with van der Waals surface area (Å²) in [6.07, 6.45) is 2.50. The van der Waals surface area contributed by atoms with E-state index in [1.165, 1.54) is 0 Å². The number of primary amides is 1. The lowest BCUT2D eigenvalue weighted by atomic mass is 10.1. The Morgan fingerprint density at radius 2 is 1.95 bits per heavy atom. The minimum Gasteiger partial charge on any atom is -0.365 e. The van der Waals surface area contributed by atoms with Crippen molar-refractivity contribution in [2.24, 2.45) is 5.73 Å². The molecule has 1 aromatic carbocycles. The van der Waals surface area contributed by atoms with Gasteiger partial charge in [0.2, 0.25) is 6.33 Å². The first-order valence-corrected chi connectivity index (χ1v) is 6.27. The Balaban J connectivity index is 2.26. The Hall–Kier alpha value is -2.21. The second kappa shape index (κ2) is 4.47. The number of amides is 1. The van der Waals surface area contributed by atoms with Gasteiger partial charge >= 0.3 is 0 Å². The molecule has 2 heterocycles. The van der Waals surface area contributed by atoms with Crippen LogP contribution in [0.4, 0.5) is 0 Å². The molecular formula is C13H8BrN4O. The Bertz CT molecular complexity index is 764. The van der Waals surface area contributed by atoms with Crippen LogP contribution in [0.2, 0.25) is 0 Å². The summed E-state index contributed by atoms with van der Waals surface area (Å²) in [5.74, 6) is -0.534. The number of aromatic nitrogens is 3. The van der Waals surface area contributed by atoms with Crippen LogP contribution < -0.4 is 5.73 Å². The maximum atomic E-state index is 11.3. The Kier molecular flexibility index (Phi) is 2.79. The molecule has 2 aromatic heterocycles. The van der Waals surface area contributed by atoms with Crippen molar-refractivity contribution in [3.63, 3.8) is 0 Å². The topological polar surface area (TPSA) is 73.3 Å². The van der Waals surface area contributed by atoms with E-state index in [0.29, 0.717) is 11.2 Å². The molecule has 0 atom stereocenters. The van der Waals surface area contributed by atoms with Gasteiger partial charge in [0.25, 0.3) is 5.91 Å². The van der Waals surface area contributed by atoms with Crippen molar-refractivity contribution in [1.29, 1.82) is 0 Å². The standard InChI is InChI=1S/C13H8BrN4O/c14-9-3-1-8(2-4-9)11-6-5-10(12(15)19)13-16-7-17-18(11)13/h1-6H,(H2,15,19). The number of rotatable bonds is 2. The minimum absolute atomic E-state index is 0.328. The minimum atomic E-state index is -0.534. The summed E-state index contributed by atoms with van der Waals surface area (Å²) in [5.41, 5.74) is 7.83. The summed E-state index contributed by atoms with van der Waals surface area (Å²) >= 11 is 3.39. The smallest absolute Gasteiger partial charge is 0.252 e. The van der Waals surface area contributed by atoms with Gasteiger partial charge in [-0.25, -0.2) is 9.50 Å². The molecule has 1 amide bonds. The van der Waals surface area contributed by atoms with Gasteiger partial charge in [0.1, 0.15) is 0 Å². The highest BCUT2D eigenvalue weighted by molar-refractivity contribution is 9.10. The fourth-order valence-corrected chi connectivity index (χ4v) is 2.15. The van der Waals surface area contributed by atoms with Crippen LogP contribution in [0.5, 0.6) is 0 Å². The van der Waals surface area contributed by atoms with Crippen LogP contribution in [0.25, 0.3) is 16.9 Å². The van der Waals surface area contributed by atoms with Crippen molar-refractivity contribution in [3.05, 3.63) is 52.8 Å². The third-order valence-electron chi connectivity index (χ3n) is 2.78. The Labute approximate surface area is 117 Å². The van der Waals surface area contributed by atoms with E-state index in [9.17, 15) is 4.79 Å². The number of carbonyl (C=O) groups excluding carboxylic acids is 1. The quantitative estimate of drug-likeness (QED) is 0.786. The molecule has 0 aliphatic carbocycles. The van der Waals surface area contributed by atoms with Gasteiger partial charge in [-0.1, -0.05) is 28.1 Å². The molecule has 2 N–H and O–H groups in total. The lowest BCUT2D eigenvalue weighted by molar-refractivity contribution is 0.100. The van der Waals surface area contributed by atoms with Crippen LogP contribution in [0.15, 0.2) is 40.9 Å². The van der Waals surface area contributed by atoms with Gasteiger partial charge in [-0.3, -0.25) is 4.79 Å². The molecule has 0 bridgehead atoms. The van der Waals surface area contributed by atoms with Gasteiger partial charge in [-0.05, 0) is 24.3 Å². The third-order valence-corrected chi connectivity index (χ3v) is 3.31. The van der Waals surface area contributed by atoms with E-state index in [1.54, 1.807) is 16.6 Å². The molecule has 0 saturated heterocycles. The van der Waals surface area contributed by atoms with E-state index in [4.69, 9.17) is 5.73 Å². The van der Waals surface area contributed by atoms with Gasteiger partial charge in [-0.2, -0.15) is 0 Å². The normalized spacial score (nSPS) is 10.8. The van der Waals surface area contributed by atoms with Gasteiger partial charge in [0, 0.05) is 10.0 Å². The molecule has 0 aliphatic heterocycles. The first-order valence-electron chi connectivity index (χ1n) is 5.48. The monoisotopic (exact) mass is 315 g/mol. The van der Waals surface area contributed by atoms with Gasteiger partial charge in [-0.15, -0.1) is 5.10 Å². The fraction of sp³-hybridized carbons (Fsp3) is 0. The number of nitrogens with two attached hydrogens (primary N) is 1. The van der Waals surface area contributed by atoms with Crippen LogP contribution >= 0.6 is 15.9 Å². The van der Waals surface area contributed by atoms with Gasteiger partial charge in [0.05, 0.1) is 11.3 Å². The summed E-state index contributed by atoms with van der Waals surface area (Å²) in [4.78, 5) is 15.3. The molecule has 3 aromatic rings. The van der Waals surface area contributed by atoms with E-state index in [0.717, 1.165) is 15.7 Å². The number of hydrogen-bond acceptors (Lipinski definition) is 3. The van der Waals surface area contributed by atoms with Crippen molar-refractivity contribution < 1.29 is 4.79 Å². The number of halogens is 1. The van der Waals surface area contributed by atoms with Crippen molar-refractivity contribution in [3.8, 4) is 11.3 Å². The molecular weight excluding hydrogens is 308 g/mol. The molecule has 0 fully saturated rings. The van der Waals surface area contributed by atoms with E-state index in [1.807, 2.05) is 24.3 Å². The number of fused-ring (bicyclic) bond motifs is 1. The molecule has 1 radical (unpaired) electrons. The zero-order valence-corrected chi connectivity index (χ0v) is 11.3. The van der Waals surface area contributed by atoms with Crippen molar-refractivity contribution in [2.75, 3.05) is 0 Å². The predicted octanol–water partition coefficient (Wildman–Crippen LogP) is 2.06. The first kappa shape index (κ1) is 11.9. The molecule has 19 heavy (non-hydrogen) atoms. The Morgan fingerprint density at radius 3 is 2.63 bits per heavy atom. The van der Waals surface area contributed by atoms with Crippen LogP contribution in [-0.4, -0.2) is 20.5 Å². The number of benzene rings is 1. The summed E-state index contributed by atoms with van der Waals surface area (Å²) < 4.78 is 2.55. The molecule has 5 nitrogen and oxygen atoms in total. The van der Waals surface area contributed by atoms with E-state index in [-0.39, 0.29) is 0 Å². The first-order chi connectivity index (χ1) is 9.16. The highest BCUT2D eigenvalue weighted by Crippen LogP contribution is 2.23. The number of nitrogens with zero attached hydrogens (tertiary/aromatic N) is 3. The molecule has 0 unspecified atom stereocenters. The number of hydrogen-bond donors (Lipinski definition) is 1. The van der Waals surface area contributed by atoms with E-state index >= 15 is 0 Å². The van der Waals surface area contributed by atoms with Crippen molar-refractivity contribution in [1.82, 2.24) is 14.6 Å². The molecule has 0 saturated carbocycles. The zero-order chi connectivity index (χ0) is 13.4. The third kappa shape index (κ3) is 2.00. The summed E-state index contributed by atoms with van der Waals surface area (Å²) in [6, 6.07) is 11.2. The fourth-order valence-electron chi connectivity index (χ4n) is 1.89. The van der Waals surface area contributed by atoms with E-state index in [2.05, 4.69) is 32.3 Å². The zero-order valence-electron chi connectivity index (χ0n) is 9.67. The van der Waals surface area contributed by atoms with Gasteiger partial charge in [0.15, 0.2) is 5.65 Å². The average Bonchev–Trinajstić information content (AvgIpc) is 2.87. The van der Waals surface area contributed by atoms with E-state index < -0.39 is 5.91 Å². The molecule has 0 spiro atoms. The second-order valence-corrected chi connectivity index (χ2v) is 4.87. The van der Waals surface area contributed by atoms with Crippen LogP contribution in [0.3, 0.4) is 0 Å². The highest BCUT2D eigenvalue weighted by atomic mass is 79.9. The molecule has 6 heteroatoms. The predicted molar refractivity (Wildman–Crippen MR) is 73.5 cm³/mol. The van der Waals surface area contributed by atoms with Gasteiger partial charge < -0.3 is 5.73 Å². The molecule has 0 aliphatic rings. The lowest BCUT2D eigenvalue weighted by Crippen LogP contribution is -2.13. The largest absolute Gasteiger partial charge is 0.365 e. The van der Waals surface area contributed by atoms with Crippen LogP contribution in [0, 0.1) is 6.33 Å². The summed E-state index contributed by atoms with van der Waals surface area (Å²) in [5, 5.41) is 4.02. The summed E-state index contributed by atoms with van der Waals surface area (Å²) in [6.45, 7) is 0. The number of carbonyl (C=O) groups is 1. The Morgan fingerprint density at radius 1 is 1.21 bits per heavy atom. The van der Waals surface area contributed by atoms with Crippen molar-refractivity contribution >= 4 is 27.5 Å². The second-order valence-electron chi connectivity index (χ2n) is 3.95. The van der Waals surface area contributed by atoms with Crippen LogP contribution in [0.1, 0.15) is 10.4 Å². The lowest BCUT2D eigenvalue weighted by Gasteiger charge is -2.06. The maximum absolute atomic E-state index is 11.3. The number of pyridine rings is 1. The summed E-state index contributed by atoms with van der Waals surface area (Å²) in [7, 11) is 0.